The van der Waals surface area contributed by atoms with Gasteiger partial charge in [-0.3, -0.25) is 4.79 Å². The highest BCUT2D eigenvalue weighted by Gasteiger charge is 2.29. The minimum absolute atomic E-state index is 0.322. The van der Waals surface area contributed by atoms with Crippen molar-refractivity contribution in [3.8, 4) is 5.75 Å². The van der Waals surface area contributed by atoms with Gasteiger partial charge in [-0.25, -0.2) is 17.6 Å². The molecule has 2 N–H and O–H groups in total. The summed E-state index contributed by atoms with van der Waals surface area (Å²) in [5.74, 6) is -7.24. The Hall–Kier alpha value is -1.79. The monoisotopic (exact) mass is 252 g/mol. The number of alkyl halides is 2. The minimum atomic E-state index is -3.15. The molecule has 1 aromatic carbocycles. The zero-order chi connectivity index (χ0) is 13.2. The van der Waals surface area contributed by atoms with Crippen molar-refractivity contribution >= 4 is 5.97 Å². The molecule has 0 aliphatic heterocycles. The van der Waals surface area contributed by atoms with E-state index in [0.29, 0.717) is 12.1 Å². The van der Waals surface area contributed by atoms with Gasteiger partial charge < -0.3 is 10.2 Å². The number of rotatable bonds is 4. The van der Waals surface area contributed by atoms with Crippen molar-refractivity contribution in [3.63, 3.8) is 0 Å². The minimum Gasteiger partial charge on any atom is -0.505 e. The number of aromatic hydroxyl groups is 1. The Kier molecular flexibility index (Phi) is 3.93. The van der Waals surface area contributed by atoms with Crippen LogP contribution in [0.4, 0.5) is 17.6 Å². The van der Waals surface area contributed by atoms with Gasteiger partial charge in [0, 0.05) is 11.6 Å². The van der Waals surface area contributed by atoms with Crippen LogP contribution >= 0.6 is 0 Å². The summed E-state index contributed by atoms with van der Waals surface area (Å²) in [6.07, 6.45) is -4.19. The van der Waals surface area contributed by atoms with E-state index in [4.69, 9.17) is 5.11 Å². The maximum Gasteiger partial charge on any atom is 0.304 e. The third-order valence-electron chi connectivity index (χ3n) is 2.16. The van der Waals surface area contributed by atoms with Crippen molar-refractivity contribution in [2.24, 2.45) is 0 Å². The maximum absolute atomic E-state index is 12.9. The molecule has 17 heavy (non-hydrogen) atoms. The predicted octanol–water partition coefficient (Wildman–Crippen LogP) is 2.49. The van der Waals surface area contributed by atoms with Crippen LogP contribution in [0.5, 0.6) is 5.75 Å². The van der Waals surface area contributed by atoms with Crippen LogP contribution in [0.25, 0.3) is 0 Å². The summed E-state index contributed by atoms with van der Waals surface area (Å²) >= 11 is 0. The number of carbonyl (C=O) groups is 1. The van der Waals surface area contributed by atoms with Gasteiger partial charge in [-0.2, -0.15) is 0 Å². The Morgan fingerprint density at radius 3 is 2.35 bits per heavy atom. The lowest BCUT2D eigenvalue weighted by molar-refractivity contribution is -0.138. The van der Waals surface area contributed by atoms with Crippen molar-refractivity contribution in [1.29, 1.82) is 0 Å². The smallest absolute Gasteiger partial charge is 0.304 e. The number of phenolic OH excluding ortho intramolecular Hbond substituents is 1. The van der Waals surface area contributed by atoms with Crippen LogP contribution in [0.2, 0.25) is 0 Å². The van der Waals surface area contributed by atoms with E-state index in [0.717, 1.165) is 0 Å². The molecule has 0 bridgehead atoms. The quantitative estimate of drug-likeness (QED) is 0.809. The molecule has 0 radical (unpaired) electrons. The molecular formula is C10H8F4O3. The van der Waals surface area contributed by atoms with Crippen LogP contribution < -0.4 is 0 Å². The van der Waals surface area contributed by atoms with Gasteiger partial charge in [0.2, 0.25) is 6.43 Å². The van der Waals surface area contributed by atoms with E-state index in [-0.39, 0.29) is 0 Å². The third-order valence-corrected chi connectivity index (χ3v) is 2.16. The summed E-state index contributed by atoms with van der Waals surface area (Å²) in [6.45, 7) is 0. The fourth-order valence-corrected chi connectivity index (χ4v) is 1.39. The third kappa shape index (κ3) is 3.08. The van der Waals surface area contributed by atoms with E-state index < -0.39 is 47.7 Å². The van der Waals surface area contributed by atoms with Gasteiger partial charge in [0.25, 0.3) is 0 Å². The molecule has 1 unspecified atom stereocenters. The number of hydrogen-bond donors (Lipinski definition) is 2. The van der Waals surface area contributed by atoms with Crippen molar-refractivity contribution in [1.82, 2.24) is 0 Å². The average molecular weight is 252 g/mol. The van der Waals surface area contributed by atoms with Gasteiger partial charge in [-0.15, -0.1) is 0 Å². The summed E-state index contributed by atoms with van der Waals surface area (Å²) in [4.78, 5) is 10.4. The molecule has 0 heterocycles. The van der Waals surface area contributed by atoms with Crippen LogP contribution in [-0.2, 0) is 4.79 Å². The lowest BCUT2D eigenvalue weighted by Crippen LogP contribution is -2.15. The van der Waals surface area contributed by atoms with Crippen LogP contribution in [0, 0.1) is 11.6 Å². The molecule has 1 rings (SSSR count). The number of carboxylic acids is 1. The fourth-order valence-electron chi connectivity index (χ4n) is 1.39. The molecule has 0 saturated carbocycles. The zero-order valence-corrected chi connectivity index (χ0v) is 8.33. The van der Waals surface area contributed by atoms with Crippen LogP contribution in [0.15, 0.2) is 12.1 Å². The second kappa shape index (κ2) is 5.03. The molecule has 3 nitrogen and oxygen atoms in total. The number of benzene rings is 1. The van der Waals surface area contributed by atoms with Gasteiger partial charge in [-0.1, -0.05) is 0 Å². The summed E-state index contributed by atoms with van der Waals surface area (Å²) < 4.78 is 50.9. The van der Waals surface area contributed by atoms with E-state index in [1.807, 2.05) is 0 Å². The number of hydrogen-bond acceptors (Lipinski definition) is 2. The Morgan fingerprint density at radius 1 is 1.29 bits per heavy atom. The Balaban J connectivity index is 3.22. The van der Waals surface area contributed by atoms with E-state index in [1.54, 1.807) is 0 Å². The molecule has 1 atom stereocenters. The second-order valence-electron chi connectivity index (χ2n) is 3.36. The van der Waals surface area contributed by atoms with E-state index in [1.165, 1.54) is 0 Å². The van der Waals surface area contributed by atoms with E-state index in [9.17, 15) is 27.5 Å². The molecule has 0 saturated heterocycles. The zero-order valence-electron chi connectivity index (χ0n) is 8.33. The molecule has 0 aliphatic carbocycles. The largest absolute Gasteiger partial charge is 0.505 e. The van der Waals surface area contributed by atoms with E-state index >= 15 is 0 Å². The fraction of sp³-hybridized carbons (Fsp3) is 0.300. The molecule has 0 spiro atoms. The molecule has 0 aromatic heterocycles. The van der Waals surface area contributed by atoms with Gasteiger partial charge in [0.1, 0.15) is 5.82 Å². The topological polar surface area (TPSA) is 57.5 Å². The average Bonchev–Trinajstić information content (AvgIpc) is 2.19. The standard InChI is InChI=1S/C10H8F4O3/c11-4-1-5(9(17)7(12)2-4)6(10(13)14)3-8(15)16/h1-2,6,10,17H,3H2,(H,15,16). The molecule has 1 aromatic rings. The van der Waals surface area contributed by atoms with Gasteiger partial charge in [0.05, 0.1) is 12.3 Å². The Bertz CT molecular complexity index is 434. The highest BCUT2D eigenvalue weighted by atomic mass is 19.3. The maximum atomic E-state index is 12.9. The second-order valence-corrected chi connectivity index (χ2v) is 3.36. The van der Waals surface area contributed by atoms with Crippen LogP contribution in [0.1, 0.15) is 17.9 Å². The van der Waals surface area contributed by atoms with Gasteiger partial charge in [-0.05, 0) is 6.07 Å². The number of halogens is 4. The first kappa shape index (κ1) is 13.3. The number of carboxylic acid groups (broad SMARTS) is 1. The van der Waals surface area contributed by atoms with Crippen molar-refractivity contribution < 1.29 is 32.6 Å². The van der Waals surface area contributed by atoms with Crippen molar-refractivity contribution in [2.75, 3.05) is 0 Å². The summed E-state index contributed by atoms with van der Waals surface area (Å²) in [5.41, 5.74) is -0.750. The molecular weight excluding hydrogens is 244 g/mol. The number of aliphatic carboxylic acids is 1. The highest BCUT2D eigenvalue weighted by Crippen LogP contribution is 2.35. The van der Waals surface area contributed by atoms with E-state index in [2.05, 4.69) is 0 Å². The first-order valence-electron chi connectivity index (χ1n) is 4.50. The summed E-state index contributed by atoms with van der Waals surface area (Å²) in [7, 11) is 0. The van der Waals surface area contributed by atoms with Crippen LogP contribution in [0.3, 0.4) is 0 Å². The van der Waals surface area contributed by atoms with Gasteiger partial charge in [0.15, 0.2) is 11.6 Å². The predicted molar refractivity (Wildman–Crippen MR) is 49.0 cm³/mol. The summed E-state index contributed by atoms with van der Waals surface area (Å²) in [6, 6.07) is 0.820. The van der Waals surface area contributed by atoms with Crippen molar-refractivity contribution in [3.05, 3.63) is 29.3 Å². The Labute approximate surface area is 93.3 Å². The van der Waals surface area contributed by atoms with Crippen LogP contribution in [-0.4, -0.2) is 22.6 Å². The normalized spacial score (nSPS) is 12.8. The van der Waals surface area contributed by atoms with Crippen molar-refractivity contribution in [2.45, 2.75) is 18.8 Å². The molecule has 7 heteroatoms. The lowest BCUT2D eigenvalue weighted by atomic mass is 9.95. The first-order chi connectivity index (χ1) is 7.82. The number of phenols is 1. The molecule has 0 amide bonds. The molecule has 94 valence electrons. The highest BCUT2D eigenvalue weighted by molar-refractivity contribution is 5.68. The summed E-state index contributed by atoms with van der Waals surface area (Å²) in [5, 5.41) is 17.6. The SMILES string of the molecule is O=C(O)CC(c1cc(F)cc(F)c1O)C(F)F. The van der Waals surface area contributed by atoms with Gasteiger partial charge >= 0.3 is 5.97 Å². The lowest BCUT2D eigenvalue weighted by Gasteiger charge is -2.16. The molecule has 0 fully saturated rings. The molecule has 0 aliphatic rings. The Morgan fingerprint density at radius 2 is 1.88 bits per heavy atom. The first-order valence-corrected chi connectivity index (χ1v) is 4.50.